The fourth-order valence-electron chi connectivity index (χ4n) is 2.57. The molecule has 0 aliphatic carbocycles. The van der Waals surface area contributed by atoms with Crippen molar-refractivity contribution in [2.24, 2.45) is 11.8 Å². The largest absolute Gasteiger partial charge is 0.497 e. The Morgan fingerprint density at radius 2 is 2.00 bits per heavy atom. The number of ketones is 1. The van der Waals surface area contributed by atoms with Crippen LogP contribution in [0.15, 0.2) is 49.1 Å². The summed E-state index contributed by atoms with van der Waals surface area (Å²) in [5.41, 5.74) is 1.12. The van der Waals surface area contributed by atoms with E-state index in [0.29, 0.717) is 13.2 Å². The highest BCUT2D eigenvalue weighted by Crippen LogP contribution is 2.21. The lowest BCUT2D eigenvalue weighted by molar-refractivity contribution is -0.119. The zero-order valence-electron chi connectivity index (χ0n) is 14.5. The molecule has 1 rings (SSSR count). The lowest BCUT2D eigenvalue weighted by Crippen LogP contribution is -2.19. The van der Waals surface area contributed by atoms with Crippen LogP contribution in [0.5, 0.6) is 5.75 Å². The molecule has 3 nitrogen and oxygen atoms in total. The molecule has 0 radical (unpaired) electrons. The molecule has 0 saturated carbocycles. The van der Waals surface area contributed by atoms with E-state index < -0.39 is 0 Å². The Balaban J connectivity index is 2.35. The second kappa shape index (κ2) is 10.8. The molecule has 0 amide bonds. The van der Waals surface area contributed by atoms with Crippen LogP contribution in [-0.2, 0) is 16.1 Å². The van der Waals surface area contributed by atoms with Crippen LogP contribution in [0.4, 0.5) is 0 Å². The molecule has 0 fully saturated rings. The highest BCUT2D eigenvalue weighted by atomic mass is 16.5. The van der Waals surface area contributed by atoms with Crippen molar-refractivity contribution in [2.75, 3.05) is 13.7 Å². The molecular formula is C20H28O3. The molecule has 0 spiro atoms. The minimum atomic E-state index is -0.00622. The fourth-order valence-corrected chi connectivity index (χ4v) is 2.57. The van der Waals surface area contributed by atoms with E-state index in [1.54, 1.807) is 7.11 Å². The van der Waals surface area contributed by atoms with Crippen molar-refractivity contribution in [3.63, 3.8) is 0 Å². The Labute approximate surface area is 140 Å². The number of hydrogen-bond donors (Lipinski definition) is 0. The van der Waals surface area contributed by atoms with Gasteiger partial charge in [0.05, 0.1) is 13.7 Å². The van der Waals surface area contributed by atoms with Crippen molar-refractivity contribution in [2.45, 2.75) is 33.3 Å². The van der Waals surface area contributed by atoms with Crippen LogP contribution in [0.2, 0.25) is 0 Å². The van der Waals surface area contributed by atoms with Crippen LogP contribution >= 0.6 is 0 Å². The van der Waals surface area contributed by atoms with Gasteiger partial charge in [-0.3, -0.25) is 4.79 Å². The molecule has 0 aliphatic rings. The molecule has 0 saturated heterocycles. The van der Waals surface area contributed by atoms with E-state index in [-0.39, 0.29) is 17.6 Å². The second-order valence-electron chi connectivity index (χ2n) is 5.64. The van der Waals surface area contributed by atoms with Gasteiger partial charge in [-0.15, -0.1) is 0 Å². The van der Waals surface area contributed by atoms with Crippen molar-refractivity contribution >= 4 is 5.78 Å². The van der Waals surface area contributed by atoms with E-state index in [4.69, 9.17) is 9.47 Å². The molecule has 0 unspecified atom stereocenters. The third-order valence-corrected chi connectivity index (χ3v) is 3.93. The molecule has 0 bridgehead atoms. The van der Waals surface area contributed by atoms with Crippen molar-refractivity contribution in [1.82, 2.24) is 0 Å². The first-order valence-corrected chi connectivity index (χ1v) is 8.12. The summed E-state index contributed by atoms with van der Waals surface area (Å²) < 4.78 is 10.8. The molecule has 0 N–H and O–H groups in total. The highest BCUT2D eigenvalue weighted by Gasteiger charge is 2.20. The molecule has 0 aromatic heterocycles. The molecule has 126 valence electrons. The van der Waals surface area contributed by atoms with Crippen molar-refractivity contribution in [3.8, 4) is 5.75 Å². The summed E-state index contributed by atoms with van der Waals surface area (Å²) >= 11 is 0. The first-order valence-electron chi connectivity index (χ1n) is 8.12. The van der Waals surface area contributed by atoms with E-state index in [1.165, 1.54) is 6.08 Å². The Hall–Kier alpha value is -1.87. The third-order valence-electron chi connectivity index (χ3n) is 3.93. The maximum atomic E-state index is 12.0. The summed E-state index contributed by atoms with van der Waals surface area (Å²) in [5, 5.41) is 0. The van der Waals surface area contributed by atoms with Gasteiger partial charge in [-0.2, -0.15) is 0 Å². The number of ether oxygens (including phenoxy) is 2. The number of allylic oxidation sites excluding steroid dienone is 3. The summed E-state index contributed by atoms with van der Waals surface area (Å²) in [6.45, 7) is 8.88. The van der Waals surface area contributed by atoms with Gasteiger partial charge in [0.25, 0.3) is 0 Å². The highest BCUT2D eigenvalue weighted by molar-refractivity contribution is 5.91. The topological polar surface area (TPSA) is 35.5 Å². The summed E-state index contributed by atoms with van der Waals surface area (Å²) in [6.07, 6.45) is 7.18. The monoisotopic (exact) mass is 316 g/mol. The maximum absolute atomic E-state index is 12.0. The fraction of sp³-hybridized carbons (Fsp3) is 0.450. The lowest BCUT2D eigenvalue weighted by Gasteiger charge is -2.18. The van der Waals surface area contributed by atoms with E-state index >= 15 is 0 Å². The molecular weight excluding hydrogens is 288 g/mol. The Kier molecular flexibility index (Phi) is 9.00. The zero-order chi connectivity index (χ0) is 17.1. The maximum Gasteiger partial charge on any atom is 0.158 e. The Bertz CT molecular complexity index is 502. The number of carbonyl (C=O) groups is 1. The van der Waals surface area contributed by atoms with E-state index in [9.17, 15) is 4.79 Å². The van der Waals surface area contributed by atoms with E-state index in [0.717, 1.165) is 24.2 Å². The lowest BCUT2D eigenvalue weighted by atomic mass is 9.86. The zero-order valence-corrected chi connectivity index (χ0v) is 14.5. The van der Waals surface area contributed by atoms with Gasteiger partial charge in [0.2, 0.25) is 0 Å². The quantitative estimate of drug-likeness (QED) is 0.341. The van der Waals surface area contributed by atoms with Gasteiger partial charge in [-0.1, -0.05) is 37.8 Å². The van der Waals surface area contributed by atoms with Crippen LogP contribution in [-0.4, -0.2) is 19.5 Å². The Morgan fingerprint density at radius 1 is 1.30 bits per heavy atom. The minimum absolute atomic E-state index is 0.00622. The smallest absolute Gasteiger partial charge is 0.158 e. The minimum Gasteiger partial charge on any atom is -0.497 e. The predicted octanol–water partition coefficient (Wildman–Crippen LogP) is 4.58. The number of carbonyl (C=O) groups excluding carboxylic acids is 1. The molecule has 2 atom stereocenters. The van der Waals surface area contributed by atoms with Gasteiger partial charge >= 0.3 is 0 Å². The Morgan fingerprint density at radius 3 is 2.57 bits per heavy atom. The molecule has 0 heterocycles. The number of rotatable bonds is 11. The number of benzene rings is 1. The first kappa shape index (κ1) is 19.2. The second-order valence-corrected chi connectivity index (χ2v) is 5.64. The molecule has 0 aliphatic heterocycles. The average molecular weight is 316 g/mol. The SMILES string of the molecule is C=CC(=O)[C@@H](CCCOCc1ccc(OC)cc1)[C@@H](C)/C=C/C. The normalized spacial score (nSPS) is 13.7. The molecule has 3 heteroatoms. The molecule has 1 aromatic rings. The average Bonchev–Trinajstić information content (AvgIpc) is 2.58. The van der Waals surface area contributed by atoms with Crippen LogP contribution < -0.4 is 4.74 Å². The number of methoxy groups -OCH3 is 1. The number of hydrogen-bond acceptors (Lipinski definition) is 3. The summed E-state index contributed by atoms with van der Waals surface area (Å²) in [7, 11) is 1.65. The van der Waals surface area contributed by atoms with Gasteiger partial charge in [0, 0.05) is 12.5 Å². The van der Waals surface area contributed by atoms with E-state index in [1.807, 2.05) is 37.3 Å². The van der Waals surface area contributed by atoms with Gasteiger partial charge in [0.1, 0.15) is 5.75 Å². The van der Waals surface area contributed by atoms with Gasteiger partial charge < -0.3 is 9.47 Å². The molecule has 1 aromatic carbocycles. The predicted molar refractivity (Wildman–Crippen MR) is 94.6 cm³/mol. The first-order chi connectivity index (χ1) is 11.1. The van der Waals surface area contributed by atoms with Crippen molar-refractivity contribution in [1.29, 1.82) is 0 Å². The standard InChI is InChI=1S/C20H28O3/c1-5-8-16(3)19(20(21)6-2)9-7-14-23-15-17-10-12-18(22-4)13-11-17/h5-6,8,10-13,16,19H,2,7,9,14-15H2,1,3-4H3/b8-5+/t16-,19-/m0/s1. The van der Waals surface area contributed by atoms with Crippen LogP contribution in [0.25, 0.3) is 0 Å². The van der Waals surface area contributed by atoms with Crippen LogP contribution in [0.3, 0.4) is 0 Å². The van der Waals surface area contributed by atoms with Crippen LogP contribution in [0, 0.1) is 11.8 Å². The van der Waals surface area contributed by atoms with Crippen LogP contribution in [0.1, 0.15) is 32.3 Å². The van der Waals surface area contributed by atoms with E-state index in [2.05, 4.69) is 19.6 Å². The molecule has 23 heavy (non-hydrogen) atoms. The summed E-state index contributed by atoms with van der Waals surface area (Å²) in [6, 6.07) is 7.85. The summed E-state index contributed by atoms with van der Waals surface area (Å²) in [4.78, 5) is 12.0. The van der Waals surface area contributed by atoms with Gasteiger partial charge in [-0.25, -0.2) is 0 Å². The van der Waals surface area contributed by atoms with Gasteiger partial charge in [-0.05, 0) is 49.5 Å². The van der Waals surface area contributed by atoms with Gasteiger partial charge in [0.15, 0.2) is 5.78 Å². The summed E-state index contributed by atoms with van der Waals surface area (Å²) in [5.74, 6) is 1.18. The van der Waals surface area contributed by atoms with Crippen molar-refractivity contribution in [3.05, 3.63) is 54.6 Å². The van der Waals surface area contributed by atoms with Crippen molar-refractivity contribution < 1.29 is 14.3 Å². The third kappa shape index (κ3) is 6.83.